The molecule has 0 spiro atoms. The summed E-state index contributed by atoms with van der Waals surface area (Å²) in [5, 5.41) is 11.4. The lowest BCUT2D eigenvalue weighted by Crippen LogP contribution is -2.11. The molecule has 0 atom stereocenters. The van der Waals surface area contributed by atoms with Crippen LogP contribution in [0, 0.1) is 16.2 Å². The van der Waals surface area contributed by atoms with E-state index >= 15 is 0 Å². The van der Waals surface area contributed by atoms with Crippen LogP contribution in [0.4, 0.5) is 24.5 Å². The van der Waals surface area contributed by atoms with Crippen molar-refractivity contribution in [3.8, 4) is 6.07 Å². The molecule has 2 aromatic rings. The van der Waals surface area contributed by atoms with Gasteiger partial charge in [0.2, 0.25) is 0 Å². The normalized spacial score (nSPS) is 11.2. The van der Waals surface area contributed by atoms with Crippen molar-refractivity contribution < 1.29 is 13.2 Å². The molecule has 0 saturated heterocycles. The van der Waals surface area contributed by atoms with Crippen LogP contribution in [0.25, 0.3) is 10.9 Å². The quantitative estimate of drug-likeness (QED) is 0.794. The Bertz CT molecular complexity index is 763. The summed E-state index contributed by atoms with van der Waals surface area (Å²) in [6.07, 6.45) is -4.16. The monoisotopic (exact) mass is 294 g/mol. The van der Waals surface area contributed by atoms with Crippen molar-refractivity contribution >= 4 is 22.3 Å². The number of nitroso groups, excluding NO2 is 1. The Kier molecular flexibility index (Phi) is 3.51. The first kappa shape index (κ1) is 14.7. The maximum absolute atomic E-state index is 12.9. The Hall–Kier alpha value is -2.69. The summed E-state index contributed by atoms with van der Waals surface area (Å²) >= 11 is 0. The first-order valence-corrected chi connectivity index (χ1v) is 5.74. The molecule has 0 bridgehead atoms. The highest BCUT2D eigenvalue weighted by Gasteiger charge is 2.36. The van der Waals surface area contributed by atoms with Crippen LogP contribution in [-0.2, 0) is 6.18 Å². The van der Waals surface area contributed by atoms with Gasteiger partial charge in [-0.05, 0) is 17.3 Å². The van der Waals surface area contributed by atoms with Crippen LogP contribution in [0.15, 0.2) is 23.5 Å². The number of anilines is 1. The van der Waals surface area contributed by atoms with Gasteiger partial charge in [-0.25, -0.2) is 0 Å². The molecule has 0 N–H and O–H groups in total. The Morgan fingerprint density at radius 1 is 1.33 bits per heavy atom. The SMILES string of the molecule is CN(C)c1cc(C#N)cc2c(N=O)c(C(F)(F)F)cnc12. The van der Waals surface area contributed by atoms with Gasteiger partial charge < -0.3 is 4.90 Å². The molecule has 0 fully saturated rings. The minimum atomic E-state index is -4.74. The van der Waals surface area contributed by atoms with Crippen molar-refractivity contribution in [3.63, 3.8) is 0 Å². The molecule has 1 aromatic heterocycles. The maximum atomic E-state index is 12.9. The second-order valence-corrected chi connectivity index (χ2v) is 4.51. The average Bonchev–Trinajstić information content (AvgIpc) is 2.43. The van der Waals surface area contributed by atoms with E-state index in [2.05, 4.69) is 10.2 Å². The number of nitrogens with zero attached hydrogens (tertiary/aromatic N) is 4. The summed E-state index contributed by atoms with van der Waals surface area (Å²) in [5.41, 5.74) is -1.24. The van der Waals surface area contributed by atoms with E-state index in [0.29, 0.717) is 11.9 Å². The minimum Gasteiger partial charge on any atom is -0.376 e. The third-order valence-electron chi connectivity index (χ3n) is 2.93. The van der Waals surface area contributed by atoms with E-state index in [1.54, 1.807) is 19.0 Å². The topological polar surface area (TPSA) is 69.3 Å². The highest BCUT2D eigenvalue weighted by atomic mass is 19.4. The number of rotatable bonds is 2. The van der Waals surface area contributed by atoms with Crippen LogP contribution in [0.1, 0.15) is 11.1 Å². The van der Waals surface area contributed by atoms with Gasteiger partial charge in [-0.1, -0.05) is 0 Å². The fraction of sp³-hybridized carbons (Fsp3) is 0.231. The van der Waals surface area contributed by atoms with Crippen molar-refractivity contribution in [1.29, 1.82) is 5.26 Å². The van der Waals surface area contributed by atoms with E-state index in [0.717, 1.165) is 0 Å². The van der Waals surface area contributed by atoms with Crippen LogP contribution in [-0.4, -0.2) is 19.1 Å². The molecule has 0 unspecified atom stereocenters. The molecule has 21 heavy (non-hydrogen) atoms. The number of benzene rings is 1. The number of hydrogen-bond donors (Lipinski definition) is 0. The molecular weight excluding hydrogens is 285 g/mol. The van der Waals surface area contributed by atoms with Gasteiger partial charge in [0.05, 0.1) is 22.8 Å². The molecule has 0 radical (unpaired) electrons. The molecule has 0 aliphatic rings. The van der Waals surface area contributed by atoms with E-state index in [-0.39, 0.29) is 16.5 Å². The number of pyridine rings is 1. The third kappa shape index (κ3) is 2.50. The van der Waals surface area contributed by atoms with Gasteiger partial charge >= 0.3 is 6.18 Å². The number of alkyl halides is 3. The standard InChI is InChI=1S/C13H9F3N4O/c1-20(2)10-4-7(5-17)3-8-11(19-21)9(13(14,15)16)6-18-12(8)10/h3-4,6H,1-2H3. The molecule has 0 amide bonds. The lowest BCUT2D eigenvalue weighted by molar-refractivity contribution is -0.137. The van der Waals surface area contributed by atoms with E-state index in [1.807, 2.05) is 6.07 Å². The number of hydrogen-bond acceptors (Lipinski definition) is 5. The van der Waals surface area contributed by atoms with Gasteiger partial charge in [0, 0.05) is 25.7 Å². The van der Waals surface area contributed by atoms with Crippen molar-refractivity contribution in [2.24, 2.45) is 5.18 Å². The van der Waals surface area contributed by atoms with Gasteiger partial charge in [0.1, 0.15) is 11.3 Å². The third-order valence-corrected chi connectivity index (χ3v) is 2.93. The summed E-state index contributed by atoms with van der Waals surface area (Å²) in [6.45, 7) is 0. The van der Waals surface area contributed by atoms with Crippen LogP contribution < -0.4 is 4.90 Å². The average molecular weight is 294 g/mol. The Labute approximate surface area is 117 Å². The second-order valence-electron chi connectivity index (χ2n) is 4.51. The molecule has 5 nitrogen and oxygen atoms in total. The lowest BCUT2D eigenvalue weighted by Gasteiger charge is -2.17. The zero-order valence-electron chi connectivity index (χ0n) is 11.1. The van der Waals surface area contributed by atoms with Crippen LogP contribution >= 0.6 is 0 Å². The highest BCUT2D eigenvalue weighted by Crippen LogP contribution is 2.41. The van der Waals surface area contributed by atoms with E-state index < -0.39 is 17.4 Å². The fourth-order valence-electron chi connectivity index (χ4n) is 1.98. The van der Waals surface area contributed by atoms with E-state index in [9.17, 15) is 18.1 Å². The van der Waals surface area contributed by atoms with Crippen molar-refractivity contribution in [1.82, 2.24) is 4.98 Å². The van der Waals surface area contributed by atoms with Crippen molar-refractivity contribution in [2.45, 2.75) is 6.18 Å². The van der Waals surface area contributed by atoms with Crippen molar-refractivity contribution in [3.05, 3.63) is 34.4 Å². The number of nitriles is 1. The smallest absolute Gasteiger partial charge is 0.376 e. The van der Waals surface area contributed by atoms with Gasteiger partial charge in [-0.15, -0.1) is 4.91 Å². The van der Waals surface area contributed by atoms with Gasteiger partial charge in [0.15, 0.2) is 0 Å². The number of aromatic nitrogens is 1. The Morgan fingerprint density at radius 2 is 2.00 bits per heavy atom. The molecule has 0 aliphatic heterocycles. The summed E-state index contributed by atoms with van der Waals surface area (Å²) in [6, 6.07) is 4.51. The van der Waals surface area contributed by atoms with Crippen LogP contribution in [0.2, 0.25) is 0 Å². The molecule has 1 aromatic carbocycles. The second kappa shape index (κ2) is 5.01. The predicted octanol–water partition coefficient (Wildman–Crippen LogP) is 3.59. The van der Waals surface area contributed by atoms with Crippen molar-refractivity contribution in [2.75, 3.05) is 19.0 Å². The largest absolute Gasteiger partial charge is 0.420 e. The molecule has 2 rings (SSSR count). The Balaban J connectivity index is 2.96. The van der Waals surface area contributed by atoms with E-state index in [1.165, 1.54) is 12.1 Å². The predicted molar refractivity (Wildman–Crippen MR) is 71.2 cm³/mol. The first-order chi connectivity index (χ1) is 9.79. The first-order valence-electron chi connectivity index (χ1n) is 5.74. The number of fused-ring (bicyclic) bond motifs is 1. The van der Waals surface area contributed by atoms with Gasteiger partial charge in [-0.3, -0.25) is 4.98 Å². The summed E-state index contributed by atoms with van der Waals surface area (Å²) in [7, 11) is 3.31. The summed E-state index contributed by atoms with van der Waals surface area (Å²) < 4.78 is 38.7. The summed E-state index contributed by atoms with van der Waals surface area (Å²) in [4.78, 5) is 16.3. The molecule has 0 aliphatic carbocycles. The Morgan fingerprint density at radius 3 is 2.48 bits per heavy atom. The van der Waals surface area contributed by atoms with Gasteiger partial charge in [0.25, 0.3) is 0 Å². The maximum Gasteiger partial charge on any atom is 0.420 e. The van der Waals surface area contributed by atoms with Gasteiger partial charge in [-0.2, -0.15) is 18.4 Å². The fourth-order valence-corrected chi connectivity index (χ4v) is 1.98. The van der Waals surface area contributed by atoms with Crippen LogP contribution in [0.3, 0.4) is 0 Å². The molecular formula is C13H9F3N4O. The number of halogens is 3. The molecule has 8 heteroatoms. The zero-order valence-corrected chi connectivity index (χ0v) is 11.1. The highest BCUT2D eigenvalue weighted by molar-refractivity contribution is 5.99. The molecule has 0 saturated carbocycles. The molecule has 108 valence electrons. The summed E-state index contributed by atoms with van der Waals surface area (Å²) in [5.74, 6) is 0. The van der Waals surface area contributed by atoms with E-state index in [4.69, 9.17) is 5.26 Å². The minimum absolute atomic E-state index is 0.0948. The zero-order chi connectivity index (χ0) is 15.8. The van der Waals surface area contributed by atoms with Crippen LogP contribution in [0.5, 0.6) is 0 Å². The molecule has 1 heterocycles. The lowest BCUT2D eigenvalue weighted by atomic mass is 10.0.